The molecule has 0 saturated carbocycles. The zero-order chi connectivity index (χ0) is 14.4. The summed E-state index contributed by atoms with van der Waals surface area (Å²) in [6.07, 6.45) is 0. The molecule has 0 bridgehead atoms. The second-order valence-corrected chi connectivity index (χ2v) is 5.49. The second-order valence-electron chi connectivity index (χ2n) is 4.40. The van der Waals surface area contributed by atoms with E-state index >= 15 is 0 Å². The highest BCUT2D eigenvalue weighted by molar-refractivity contribution is 7.99. The highest BCUT2D eigenvalue weighted by Gasteiger charge is 2.15. The molecule has 4 heteroatoms. The van der Waals surface area contributed by atoms with E-state index < -0.39 is 11.6 Å². The number of thioether (sulfide) groups is 1. The van der Waals surface area contributed by atoms with Gasteiger partial charge in [-0.1, -0.05) is 31.2 Å². The molecule has 1 unspecified atom stereocenters. The van der Waals surface area contributed by atoms with E-state index in [1.807, 2.05) is 37.3 Å². The number of nitrogens with one attached hydrogen (secondary N) is 1. The van der Waals surface area contributed by atoms with Crippen molar-refractivity contribution in [1.29, 1.82) is 0 Å². The third-order valence-corrected chi connectivity index (χ3v) is 4.05. The zero-order valence-electron chi connectivity index (χ0n) is 11.3. The monoisotopic (exact) mass is 293 g/mol. The molecule has 0 fully saturated rings. The molecule has 0 aliphatic rings. The molecule has 2 aromatic carbocycles. The lowest BCUT2D eigenvalue weighted by molar-refractivity contribution is 0.531. The molecule has 0 spiro atoms. The number of rotatable bonds is 6. The predicted molar refractivity (Wildman–Crippen MR) is 79.9 cm³/mol. The zero-order valence-corrected chi connectivity index (χ0v) is 12.1. The van der Waals surface area contributed by atoms with Gasteiger partial charge in [-0.05, 0) is 24.7 Å². The van der Waals surface area contributed by atoms with Crippen LogP contribution in [0.3, 0.4) is 0 Å². The van der Waals surface area contributed by atoms with Crippen LogP contribution in [0.5, 0.6) is 0 Å². The minimum absolute atomic E-state index is 0.134. The van der Waals surface area contributed by atoms with Crippen molar-refractivity contribution in [2.24, 2.45) is 0 Å². The Bertz CT molecular complexity index is 545. The van der Waals surface area contributed by atoms with Crippen LogP contribution in [0.25, 0.3) is 0 Å². The summed E-state index contributed by atoms with van der Waals surface area (Å²) in [6, 6.07) is 13.6. The lowest BCUT2D eigenvalue weighted by Crippen LogP contribution is -2.24. The molecule has 106 valence electrons. The van der Waals surface area contributed by atoms with Crippen molar-refractivity contribution in [3.63, 3.8) is 0 Å². The molecule has 1 N–H and O–H groups in total. The molecule has 0 aliphatic carbocycles. The molecule has 0 amide bonds. The van der Waals surface area contributed by atoms with Crippen LogP contribution in [0.2, 0.25) is 0 Å². The molecule has 0 radical (unpaired) electrons. The van der Waals surface area contributed by atoms with Gasteiger partial charge in [-0.25, -0.2) is 8.78 Å². The third kappa shape index (κ3) is 4.05. The van der Waals surface area contributed by atoms with Crippen LogP contribution in [-0.2, 0) is 0 Å². The van der Waals surface area contributed by atoms with Gasteiger partial charge in [0.05, 0.1) is 0 Å². The standard InChI is InChI=1S/C16H17F2NS/c1-2-19-16(11-20-13-6-4-3-5-7-13)14-9-8-12(17)10-15(14)18/h3-10,16,19H,2,11H2,1H3. The van der Waals surface area contributed by atoms with E-state index in [1.165, 1.54) is 12.1 Å². The van der Waals surface area contributed by atoms with E-state index in [2.05, 4.69) is 5.32 Å². The number of halogens is 2. The summed E-state index contributed by atoms with van der Waals surface area (Å²) in [7, 11) is 0. The second kappa shape index (κ2) is 7.41. The normalized spacial score (nSPS) is 12.3. The van der Waals surface area contributed by atoms with Gasteiger partial charge in [-0.15, -0.1) is 11.8 Å². The van der Waals surface area contributed by atoms with Gasteiger partial charge >= 0.3 is 0 Å². The summed E-state index contributed by atoms with van der Waals surface area (Å²) >= 11 is 1.65. The Morgan fingerprint density at radius 1 is 1.10 bits per heavy atom. The maximum Gasteiger partial charge on any atom is 0.130 e. The van der Waals surface area contributed by atoms with Crippen LogP contribution in [0, 0.1) is 11.6 Å². The average molecular weight is 293 g/mol. The first-order valence-electron chi connectivity index (χ1n) is 6.57. The Labute approximate surface area is 122 Å². The Hall–Kier alpha value is -1.39. The van der Waals surface area contributed by atoms with E-state index in [1.54, 1.807) is 11.8 Å². The van der Waals surface area contributed by atoms with Crippen molar-refractivity contribution < 1.29 is 8.78 Å². The fourth-order valence-electron chi connectivity index (χ4n) is 1.99. The Morgan fingerprint density at radius 2 is 1.85 bits per heavy atom. The van der Waals surface area contributed by atoms with Crippen LogP contribution in [0.15, 0.2) is 53.4 Å². The molecule has 2 aromatic rings. The van der Waals surface area contributed by atoms with Crippen LogP contribution < -0.4 is 5.32 Å². The van der Waals surface area contributed by atoms with Crippen molar-refractivity contribution in [2.75, 3.05) is 12.3 Å². The maximum absolute atomic E-state index is 13.9. The number of hydrogen-bond donors (Lipinski definition) is 1. The minimum Gasteiger partial charge on any atom is -0.309 e. The van der Waals surface area contributed by atoms with Crippen molar-refractivity contribution >= 4 is 11.8 Å². The van der Waals surface area contributed by atoms with Gasteiger partial charge in [0.25, 0.3) is 0 Å². The SMILES string of the molecule is CCNC(CSc1ccccc1)c1ccc(F)cc1F. The third-order valence-electron chi connectivity index (χ3n) is 2.95. The van der Waals surface area contributed by atoms with Gasteiger partial charge in [0.2, 0.25) is 0 Å². The summed E-state index contributed by atoms with van der Waals surface area (Å²) in [5.41, 5.74) is 0.511. The van der Waals surface area contributed by atoms with Crippen molar-refractivity contribution in [2.45, 2.75) is 17.9 Å². The first-order chi connectivity index (χ1) is 9.70. The Kier molecular flexibility index (Phi) is 5.56. The summed E-state index contributed by atoms with van der Waals surface area (Å²) in [4.78, 5) is 1.14. The lowest BCUT2D eigenvalue weighted by atomic mass is 10.1. The molecule has 2 rings (SSSR count). The van der Waals surface area contributed by atoms with Crippen molar-refractivity contribution in [3.8, 4) is 0 Å². The first kappa shape index (κ1) is 15.0. The first-order valence-corrected chi connectivity index (χ1v) is 7.55. The number of hydrogen-bond acceptors (Lipinski definition) is 2. The van der Waals surface area contributed by atoms with E-state index in [0.717, 1.165) is 17.5 Å². The van der Waals surface area contributed by atoms with Gasteiger partial charge in [-0.3, -0.25) is 0 Å². The molecular weight excluding hydrogens is 276 g/mol. The van der Waals surface area contributed by atoms with Crippen LogP contribution >= 0.6 is 11.8 Å². The summed E-state index contributed by atoms with van der Waals surface area (Å²) < 4.78 is 26.8. The van der Waals surface area contributed by atoms with Gasteiger partial charge in [0.15, 0.2) is 0 Å². The lowest BCUT2D eigenvalue weighted by Gasteiger charge is -2.18. The maximum atomic E-state index is 13.9. The van der Waals surface area contributed by atoms with Crippen molar-refractivity contribution in [3.05, 3.63) is 65.7 Å². The van der Waals surface area contributed by atoms with E-state index in [0.29, 0.717) is 11.3 Å². The van der Waals surface area contributed by atoms with E-state index in [-0.39, 0.29) is 6.04 Å². The van der Waals surface area contributed by atoms with Gasteiger partial charge in [0.1, 0.15) is 11.6 Å². The molecule has 0 aliphatic heterocycles. The fourth-order valence-corrected chi connectivity index (χ4v) is 2.99. The van der Waals surface area contributed by atoms with Crippen LogP contribution in [-0.4, -0.2) is 12.3 Å². The fraction of sp³-hybridized carbons (Fsp3) is 0.250. The van der Waals surface area contributed by atoms with Crippen LogP contribution in [0.1, 0.15) is 18.5 Å². The largest absolute Gasteiger partial charge is 0.309 e. The molecule has 0 saturated heterocycles. The molecule has 0 heterocycles. The van der Waals surface area contributed by atoms with Gasteiger partial charge in [0, 0.05) is 28.3 Å². The Balaban J connectivity index is 2.10. The summed E-state index contributed by atoms with van der Waals surface area (Å²) in [5.74, 6) is -0.345. The minimum atomic E-state index is -0.544. The molecule has 1 nitrogen and oxygen atoms in total. The highest BCUT2D eigenvalue weighted by atomic mass is 32.2. The molecule has 20 heavy (non-hydrogen) atoms. The van der Waals surface area contributed by atoms with Gasteiger partial charge in [-0.2, -0.15) is 0 Å². The number of benzene rings is 2. The average Bonchev–Trinajstić information content (AvgIpc) is 2.45. The molecule has 0 aromatic heterocycles. The smallest absolute Gasteiger partial charge is 0.130 e. The van der Waals surface area contributed by atoms with E-state index in [4.69, 9.17) is 0 Å². The van der Waals surface area contributed by atoms with Crippen LogP contribution in [0.4, 0.5) is 8.78 Å². The predicted octanol–water partition coefficient (Wildman–Crippen LogP) is 4.41. The summed E-state index contributed by atoms with van der Waals surface area (Å²) in [6.45, 7) is 2.71. The summed E-state index contributed by atoms with van der Waals surface area (Å²) in [5, 5.41) is 3.25. The van der Waals surface area contributed by atoms with E-state index in [9.17, 15) is 8.78 Å². The topological polar surface area (TPSA) is 12.0 Å². The van der Waals surface area contributed by atoms with Gasteiger partial charge < -0.3 is 5.32 Å². The molecule has 1 atom stereocenters. The van der Waals surface area contributed by atoms with Crippen molar-refractivity contribution in [1.82, 2.24) is 5.32 Å². The Morgan fingerprint density at radius 3 is 2.50 bits per heavy atom. The quantitative estimate of drug-likeness (QED) is 0.792. The molecular formula is C16H17F2NS. The highest BCUT2D eigenvalue weighted by Crippen LogP contribution is 2.26.